The van der Waals surface area contributed by atoms with Gasteiger partial charge in [0.25, 0.3) is 0 Å². The van der Waals surface area contributed by atoms with Gasteiger partial charge in [-0.2, -0.15) is 0 Å². The van der Waals surface area contributed by atoms with E-state index in [2.05, 4.69) is 29.2 Å². The lowest BCUT2D eigenvalue weighted by molar-refractivity contribution is -0.143. The lowest BCUT2D eigenvalue weighted by Gasteiger charge is -2.30. The van der Waals surface area contributed by atoms with Crippen LogP contribution >= 0.6 is 0 Å². The van der Waals surface area contributed by atoms with E-state index in [0.717, 1.165) is 43.8 Å². The van der Waals surface area contributed by atoms with Gasteiger partial charge in [-0.3, -0.25) is 9.69 Å². The molecule has 1 aliphatic heterocycles. The fourth-order valence-electron chi connectivity index (χ4n) is 3.07. The molecule has 4 nitrogen and oxygen atoms in total. The van der Waals surface area contributed by atoms with Gasteiger partial charge in [-0.15, -0.1) is 0 Å². The van der Waals surface area contributed by atoms with Crippen LogP contribution in [0, 0.1) is 5.92 Å². The second-order valence-corrected chi connectivity index (χ2v) is 6.31. The molecule has 0 radical (unpaired) electrons. The third kappa shape index (κ3) is 4.59. The number of aliphatic carboxylic acids is 1. The normalized spacial score (nSPS) is 16.0. The molecule has 1 heterocycles. The summed E-state index contributed by atoms with van der Waals surface area (Å²) in [6.45, 7) is 3.08. The fourth-order valence-corrected chi connectivity index (χ4v) is 3.07. The Morgan fingerprint density at radius 1 is 1.04 bits per heavy atom. The molecular formula is C20H23NO3. The molecule has 1 saturated heterocycles. The zero-order chi connectivity index (χ0) is 16.8. The number of benzene rings is 2. The number of likely N-dealkylation sites (tertiary alicyclic amines) is 1. The third-order valence-corrected chi connectivity index (χ3v) is 4.49. The Balaban J connectivity index is 1.53. The molecule has 0 amide bonds. The molecule has 0 saturated carbocycles. The van der Waals surface area contributed by atoms with E-state index >= 15 is 0 Å². The van der Waals surface area contributed by atoms with Crippen LogP contribution in [0.4, 0.5) is 0 Å². The first-order chi connectivity index (χ1) is 11.7. The molecular weight excluding hydrogens is 302 g/mol. The predicted octanol–water partition coefficient (Wildman–Crippen LogP) is 3.56. The summed E-state index contributed by atoms with van der Waals surface area (Å²) in [5, 5.41) is 9.07. The predicted molar refractivity (Wildman–Crippen MR) is 92.9 cm³/mol. The minimum absolute atomic E-state index is 0.179. The van der Waals surface area contributed by atoms with Crippen LogP contribution in [0.15, 0.2) is 54.6 Å². The molecule has 4 heteroatoms. The summed E-state index contributed by atoms with van der Waals surface area (Å²) in [5.41, 5.74) is 2.35. The largest absolute Gasteiger partial charge is 0.489 e. The lowest BCUT2D eigenvalue weighted by atomic mass is 9.97. The second kappa shape index (κ2) is 7.97. The van der Waals surface area contributed by atoms with Gasteiger partial charge in [0, 0.05) is 6.54 Å². The number of carboxylic acid groups (broad SMARTS) is 1. The third-order valence-electron chi connectivity index (χ3n) is 4.49. The Morgan fingerprint density at radius 3 is 2.46 bits per heavy atom. The SMILES string of the molecule is O=C(O)C1CCN(Cc2cccc(OCc3ccccc3)c2)CC1. The van der Waals surface area contributed by atoms with E-state index in [1.54, 1.807) is 0 Å². The summed E-state index contributed by atoms with van der Waals surface area (Å²) in [5.74, 6) is 0.0320. The van der Waals surface area contributed by atoms with Gasteiger partial charge < -0.3 is 9.84 Å². The van der Waals surface area contributed by atoms with Crippen LogP contribution in [0.1, 0.15) is 24.0 Å². The molecule has 24 heavy (non-hydrogen) atoms. The van der Waals surface area contributed by atoms with Gasteiger partial charge in [0.05, 0.1) is 5.92 Å². The van der Waals surface area contributed by atoms with Gasteiger partial charge in [0.15, 0.2) is 0 Å². The van der Waals surface area contributed by atoms with Crippen molar-refractivity contribution < 1.29 is 14.6 Å². The molecule has 0 aliphatic carbocycles. The van der Waals surface area contributed by atoms with Crippen LogP contribution in [0.25, 0.3) is 0 Å². The summed E-state index contributed by atoms with van der Waals surface area (Å²) in [6, 6.07) is 18.3. The number of carboxylic acids is 1. The van der Waals surface area contributed by atoms with E-state index in [1.165, 1.54) is 5.56 Å². The Morgan fingerprint density at radius 2 is 1.75 bits per heavy atom. The van der Waals surface area contributed by atoms with Crippen molar-refractivity contribution in [1.29, 1.82) is 0 Å². The minimum atomic E-state index is -0.661. The van der Waals surface area contributed by atoms with Gasteiger partial charge >= 0.3 is 5.97 Å². The van der Waals surface area contributed by atoms with Crippen molar-refractivity contribution >= 4 is 5.97 Å². The highest BCUT2D eigenvalue weighted by Gasteiger charge is 2.24. The zero-order valence-corrected chi connectivity index (χ0v) is 13.7. The first-order valence-corrected chi connectivity index (χ1v) is 8.41. The van der Waals surface area contributed by atoms with Gasteiger partial charge in [0.2, 0.25) is 0 Å². The number of carbonyl (C=O) groups is 1. The van der Waals surface area contributed by atoms with Crippen molar-refractivity contribution in [3.63, 3.8) is 0 Å². The van der Waals surface area contributed by atoms with E-state index in [9.17, 15) is 4.79 Å². The van der Waals surface area contributed by atoms with Crippen LogP contribution < -0.4 is 4.74 Å². The summed E-state index contributed by atoms with van der Waals surface area (Å²) >= 11 is 0. The molecule has 1 fully saturated rings. The highest BCUT2D eigenvalue weighted by molar-refractivity contribution is 5.70. The number of nitrogens with zero attached hydrogens (tertiary/aromatic N) is 1. The molecule has 0 bridgehead atoms. The Hall–Kier alpha value is -2.33. The van der Waals surface area contributed by atoms with E-state index in [4.69, 9.17) is 9.84 Å². The quantitative estimate of drug-likeness (QED) is 0.882. The highest BCUT2D eigenvalue weighted by Crippen LogP contribution is 2.21. The maximum Gasteiger partial charge on any atom is 0.306 e. The van der Waals surface area contributed by atoms with Crippen molar-refractivity contribution in [3.05, 3.63) is 65.7 Å². The van der Waals surface area contributed by atoms with Crippen LogP contribution in [-0.4, -0.2) is 29.1 Å². The van der Waals surface area contributed by atoms with Crippen LogP contribution in [0.3, 0.4) is 0 Å². The van der Waals surface area contributed by atoms with Gasteiger partial charge in [-0.05, 0) is 49.2 Å². The van der Waals surface area contributed by atoms with Crippen molar-refractivity contribution in [3.8, 4) is 5.75 Å². The van der Waals surface area contributed by atoms with Crippen LogP contribution in [0.5, 0.6) is 5.75 Å². The Labute approximate surface area is 142 Å². The lowest BCUT2D eigenvalue weighted by Crippen LogP contribution is -2.35. The van der Waals surface area contributed by atoms with Crippen molar-refractivity contribution in [1.82, 2.24) is 4.90 Å². The standard InChI is InChI=1S/C20H23NO3/c22-20(23)18-9-11-21(12-10-18)14-17-7-4-8-19(13-17)24-15-16-5-2-1-3-6-16/h1-8,13,18H,9-12,14-15H2,(H,22,23). The highest BCUT2D eigenvalue weighted by atomic mass is 16.5. The zero-order valence-electron chi connectivity index (χ0n) is 13.7. The molecule has 0 spiro atoms. The number of ether oxygens (including phenoxy) is 1. The first kappa shape index (κ1) is 16.5. The average Bonchev–Trinajstić information content (AvgIpc) is 2.62. The molecule has 3 rings (SSSR count). The van der Waals surface area contributed by atoms with E-state index in [1.807, 2.05) is 30.3 Å². The summed E-state index contributed by atoms with van der Waals surface area (Å²) in [4.78, 5) is 13.3. The summed E-state index contributed by atoms with van der Waals surface area (Å²) < 4.78 is 5.87. The fraction of sp³-hybridized carbons (Fsp3) is 0.350. The minimum Gasteiger partial charge on any atom is -0.489 e. The Bertz CT molecular complexity index is 664. The molecule has 2 aromatic carbocycles. The molecule has 1 N–H and O–H groups in total. The van der Waals surface area contributed by atoms with Crippen LogP contribution in [0.2, 0.25) is 0 Å². The van der Waals surface area contributed by atoms with Gasteiger partial charge in [-0.25, -0.2) is 0 Å². The number of hydrogen-bond acceptors (Lipinski definition) is 3. The van der Waals surface area contributed by atoms with Gasteiger partial charge in [0.1, 0.15) is 12.4 Å². The van der Waals surface area contributed by atoms with Gasteiger partial charge in [-0.1, -0.05) is 42.5 Å². The average molecular weight is 325 g/mol. The molecule has 0 aromatic heterocycles. The Kier molecular flexibility index (Phi) is 5.49. The summed E-state index contributed by atoms with van der Waals surface area (Å²) in [7, 11) is 0. The van der Waals surface area contributed by atoms with E-state index in [-0.39, 0.29) is 5.92 Å². The summed E-state index contributed by atoms with van der Waals surface area (Å²) in [6.07, 6.45) is 1.47. The maximum atomic E-state index is 11.0. The maximum absolute atomic E-state index is 11.0. The van der Waals surface area contributed by atoms with E-state index in [0.29, 0.717) is 6.61 Å². The number of hydrogen-bond donors (Lipinski definition) is 1. The second-order valence-electron chi connectivity index (χ2n) is 6.31. The number of rotatable bonds is 6. The van der Waals surface area contributed by atoms with Crippen molar-refractivity contribution in [2.24, 2.45) is 5.92 Å². The molecule has 2 aromatic rings. The first-order valence-electron chi connectivity index (χ1n) is 8.41. The smallest absolute Gasteiger partial charge is 0.306 e. The molecule has 0 atom stereocenters. The van der Waals surface area contributed by atoms with Crippen LogP contribution in [-0.2, 0) is 17.9 Å². The molecule has 126 valence electrons. The van der Waals surface area contributed by atoms with E-state index < -0.39 is 5.97 Å². The number of piperidine rings is 1. The molecule has 1 aliphatic rings. The monoisotopic (exact) mass is 325 g/mol. The van der Waals surface area contributed by atoms with Crippen molar-refractivity contribution in [2.45, 2.75) is 26.0 Å². The topological polar surface area (TPSA) is 49.8 Å². The molecule has 0 unspecified atom stereocenters. The van der Waals surface area contributed by atoms with Crippen molar-refractivity contribution in [2.75, 3.05) is 13.1 Å².